The molecule has 14 heteroatoms. The number of allylic oxidation sites excluding steroid dienone is 2. The van der Waals surface area contributed by atoms with Crippen LogP contribution >= 0.6 is 0 Å². The molecule has 3 aromatic heterocycles. The quantitative estimate of drug-likeness (QED) is 0.288. The predicted molar refractivity (Wildman–Crippen MR) is 129 cm³/mol. The lowest BCUT2D eigenvalue weighted by molar-refractivity contribution is -0.0432. The van der Waals surface area contributed by atoms with Gasteiger partial charge in [0.25, 0.3) is 5.56 Å². The summed E-state index contributed by atoms with van der Waals surface area (Å²) in [5.74, 6) is -0.763. The molecule has 0 spiro atoms. The Bertz CT molecular complexity index is 1580. The van der Waals surface area contributed by atoms with E-state index in [-0.39, 0.29) is 65.1 Å². The largest absolute Gasteiger partial charge is 0.492 e. The van der Waals surface area contributed by atoms with Crippen LogP contribution in [-0.4, -0.2) is 76.9 Å². The van der Waals surface area contributed by atoms with Crippen molar-refractivity contribution in [3.8, 4) is 0 Å². The van der Waals surface area contributed by atoms with Gasteiger partial charge in [-0.2, -0.15) is 4.98 Å². The van der Waals surface area contributed by atoms with Gasteiger partial charge in [-0.3, -0.25) is 23.9 Å². The zero-order chi connectivity index (χ0) is 26.9. The Kier molecular flexibility index (Phi) is 5.72. The van der Waals surface area contributed by atoms with Gasteiger partial charge in [-0.25, -0.2) is 4.98 Å². The minimum atomic E-state index is -0.883. The van der Waals surface area contributed by atoms with Gasteiger partial charge in [0.05, 0.1) is 43.5 Å². The number of imidazole rings is 1. The maximum Gasteiger partial charge on any atom is 0.280 e. The first kappa shape index (κ1) is 24.5. The van der Waals surface area contributed by atoms with E-state index in [1.165, 1.54) is 24.9 Å². The van der Waals surface area contributed by atoms with Crippen LogP contribution in [0.2, 0.25) is 0 Å². The van der Waals surface area contributed by atoms with Crippen LogP contribution in [0.3, 0.4) is 0 Å². The molecule has 5 heterocycles. The summed E-state index contributed by atoms with van der Waals surface area (Å²) in [6.45, 7) is 1.54. The number of hydrogen-bond acceptors (Lipinski definition) is 11. The lowest BCUT2D eigenvalue weighted by atomic mass is 9.90. The third kappa shape index (κ3) is 3.45. The van der Waals surface area contributed by atoms with Crippen LogP contribution in [-0.2, 0) is 22.6 Å². The molecule has 200 valence electrons. The second-order valence-corrected chi connectivity index (χ2v) is 9.57. The maximum atomic E-state index is 13.3. The minimum Gasteiger partial charge on any atom is -0.492 e. The molecule has 2 aliphatic heterocycles. The number of nitrogens with zero attached hydrogens (tertiary/aromatic N) is 4. The predicted octanol–water partition coefficient (Wildman–Crippen LogP) is -0.0896. The van der Waals surface area contributed by atoms with Crippen molar-refractivity contribution in [2.75, 3.05) is 19.0 Å². The summed E-state index contributed by atoms with van der Waals surface area (Å²) in [5.41, 5.74) is 1.22. The average molecular weight is 527 g/mol. The van der Waals surface area contributed by atoms with Crippen molar-refractivity contribution >= 4 is 28.7 Å². The lowest BCUT2D eigenvalue weighted by Gasteiger charge is -2.18. The number of carbonyl (C=O) groups excluding carboxylic acids is 2. The van der Waals surface area contributed by atoms with Crippen molar-refractivity contribution in [3.63, 3.8) is 0 Å². The molecule has 1 unspecified atom stereocenters. The molecule has 0 aromatic carbocycles. The molecule has 4 atom stereocenters. The second kappa shape index (κ2) is 8.87. The molecule has 14 nitrogen and oxygen atoms in total. The molecule has 0 saturated carbocycles. The van der Waals surface area contributed by atoms with Crippen LogP contribution < -0.4 is 10.9 Å². The highest BCUT2D eigenvalue weighted by Crippen LogP contribution is 2.40. The van der Waals surface area contributed by atoms with Crippen LogP contribution in [0, 0.1) is 0 Å². The van der Waals surface area contributed by atoms with E-state index in [4.69, 9.17) is 9.47 Å². The van der Waals surface area contributed by atoms with Gasteiger partial charge in [0, 0.05) is 30.6 Å². The normalized spacial score (nSPS) is 24.9. The monoisotopic (exact) mass is 526 g/mol. The van der Waals surface area contributed by atoms with Crippen molar-refractivity contribution in [2.45, 2.75) is 57.4 Å². The number of aliphatic hydroxyl groups is 3. The van der Waals surface area contributed by atoms with Crippen molar-refractivity contribution in [3.05, 3.63) is 50.5 Å². The van der Waals surface area contributed by atoms with Crippen molar-refractivity contribution < 1.29 is 34.4 Å². The number of methoxy groups -OCH3 is 1. The SMILES string of the molecule is COC1=C(C)C(=O)c2c(c(CNc3nc4c(ncn4C4C[C@H](O)[C@@H](CO)O4)c(=O)[nH]3)c3n2CC[C@H]3O)C1=O. The third-order valence-corrected chi connectivity index (χ3v) is 7.44. The van der Waals surface area contributed by atoms with E-state index in [1.807, 2.05) is 0 Å². The minimum absolute atomic E-state index is 0.0232. The van der Waals surface area contributed by atoms with Crippen LogP contribution in [0.5, 0.6) is 0 Å². The number of nitrogens with one attached hydrogen (secondary N) is 2. The first-order valence-electron chi connectivity index (χ1n) is 12.2. The fourth-order valence-electron chi connectivity index (χ4n) is 5.60. The number of fused-ring (bicyclic) bond motifs is 4. The summed E-state index contributed by atoms with van der Waals surface area (Å²) in [6, 6.07) is 0. The van der Waals surface area contributed by atoms with Gasteiger partial charge >= 0.3 is 0 Å². The Labute approximate surface area is 214 Å². The van der Waals surface area contributed by atoms with E-state index in [0.29, 0.717) is 24.2 Å². The van der Waals surface area contributed by atoms with Gasteiger partial charge in [-0.05, 0) is 13.3 Å². The van der Waals surface area contributed by atoms with Gasteiger partial charge in [-0.15, -0.1) is 0 Å². The molecular weight excluding hydrogens is 500 g/mol. The van der Waals surface area contributed by atoms with Gasteiger partial charge in [0.1, 0.15) is 18.0 Å². The first-order chi connectivity index (χ1) is 18.2. The number of aromatic nitrogens is 5. The van der Waals surface area contributed by atoms with E-state index in [1.54, 1.807) is 4.57 Å². The van der Waals surface area contributed by atoms with Crippen molar-refractivity contribution in [1.82, 2.24) is 24.1 Å². The molecule has 1 fully saturated rings. The molecule has 0 bridgehead atoms. The molecule has 0 amide bonds. The Morgan fingerprint density at radius 2 is 2.05 bits per heavy atom. The molecule has 6 rings (SSSR count). The standard InChI is InChI=1S/C24H26N6O8/c1-9-19(34)18-15(20(35)21(9)37-2)10(17-11(32)3-4-29(17)18)6-25-24-27-22-16(23(36)28-24)26-8-30(22)14-5-12(33)13(7-31)38-14/h8,11-14,31-33H,3-7H2,1-2H3,(H2,25,27,28,36)/t11-,12+,13-,14?/m1/s1. The van der Waals surface area contributed by atoms with Crippen LogP contribution in [0.1, 0.15) is 64.2 Å². The molecular formula is C24H26N6O8. The summed E-state index contributed by atoms with van der Waals surface area (Å²) in [6.07, 6.45) is -1.23. The van der Waals surface area contributed by atoms with Gasteiger partial charge < -0.3 is 34.7 Å². The van der Waals surface area contributed by atoms with Crippen LogP contribution in [0.15, 0.2) is 22.5 Å². The highest BCUT2D eigenvalue weighted by Gasteiger charge is 2.42. The van der Waals surface area contributed by atoms with Crippen LogP contribution in [0.4, 0.5) is 5.95 Å². The number of ketones is 2. The van der Waals surface area contributed by atoms with E-state index in [0.717, 1.165) is 0 Å². The topological polar surface area (TPSA) is 194 Å². The molecule has 3 aliphatic rings. The molecule has 3 aromatic rings. The number of aliphatic hydroxyl groups excluding tert-OH is 3. The third-order valence-electron chi connectivity index (χ3n) is 7.44. The number of anilines is 1. The van der Waals surface area contributed by atoms with Crippen LogP contribution in [0.25, 0.3) is 11.2 Å². The fraction of sp³-hybridized carbons (Fsp3) is 0.458. The van der Waals surface area contributed by atoms with Gasteiger partial charge in [0.15, 0.2) is 16.9 Å². The Balaban J connectivity index is 1.37. The fourth-order valence-corrected chi connectivity index (χ4v) is 5.60. The highest BCUT2D eigenvalue weighted by atomic mass is 16.5. The van der Waals surface area contributed by atoms with Crippen molar-refractivity contribution in [1.29, 1.82) is 0 Å². The molecule has 5 N–H and O–H groups in total. The zero-order valence-electron chi connectivity index (χ0n) is 20.6. The number of H-pyrrole nitrogens is 1. The molecule has 38 heavy (non-hydrogen) atoms. The Hall–Kier alpha value is -3.85. The lowest BCUT2D eigenvalue weighted by Crippen LogP contribution is -2.24. The van der Waals surface area contributed by atoms with E-state index >= 15 is 0 Å². The highest BCUT2D eigenvalue weighted by molar-refractivity contribution is 6.26. The Morgan fingerprint density at radius 1 is 1.26 bits per heavy atom. The smallest absolute Gasteiger partial charge is 0.280 e. The van der Waals surface area contributed by atoms with Gasteiger partial charge in [0.2, 0.25) is 17.5 Å². The first-order valence-corrected chi connectivity index (χ1v) is 12.2. The number of aromatic amines is 1. The molecule has 1 aliphatic carbocycles. The maximum absolute atomic E-state index is 13.3. The van der Waals surface area contributed by atoms with Gasteiger partial charge in [-0.1, -0.05) is 0 Å². The summed E-state index contributed by atoms with van der Waals surface area (Å²) >= 11 is 0. The Morgan fingerprint density at radius 3 is 2.76 bits per heavy atom. The summed E-state index contributed by atoms with van der Waals surface area (Å²) in [5, 5.41) is 33.2. The number of hydrogen-bond donors (Lipinski definition) is 5. The second-order valence-electron chi connectivity index (χ2n) is 9.57. The average Bonchev–Trinajstić information content (AvgIpc) is 3.65. The number of rotatable bonds is 6. The number of Topliss-reactive ketones (excluding diaryl/α,β-unsaturated/α-hetero) is 2. The van der Waals surface area contributed by atoms with E-state index in [2.05, 4.69) is 20.3 Å². The zero-order valence-corrected chi connectivity index (χ0v) is 20.6. The summed E-state index contributed by atoms with van der Waals surface area (Å²) in [4.78, 5) is 50.4. The summed E-state index contributed by atoms with van der Waals surface area (Å²) < 4.78 is 14.1. The number of ether oxygens (including phenoxy) is 2. The van der Waals surface area contributed by atoms with E-state index < -0.39 is 35.9 Å². The van der Waals surface area contributed by atoms with Crippen molar-refractivity contribution in [2.24, 2.45) is 0 Å². The number of carbonyl (C=O) groups is 2. The summed E-state index contributed by atoms with van der Waals surface area (Å²) in [7, 11) is 1.33. The van der Waals surface area contributed by atoms with E-state index in [9.17, 15) is 29.7 Å². The molecule has 1 saturated heterocycles. The molecule has 0 radical (unpaired) electrons.